The Bertz CT molecular complexity index is 883. The zero-order valence-corrected chi connectivity index (χ0v) is 16.8. The lowest BCUT2D eigenvalue weighted by Gasteiger charge is -2.41. The highest BCUT2D eigenvalue weighted by molar-refractivity contribution is 7.90. The minimum atomic E-state index is -4.46. The number of amides is 1. The van der Waals surface area contributed by atoms with Gasteiger partial charge in [-0.15, -0.1) is 0 Å². The second-order valence-electron chi connectivity index (χ2n) is 7.30. The van der Waals surface area contributed by atoms with Crippen LogP contribution in [0.5, 0.6) is 0 Å². The number of guanidine groups is 1. The maximum atomic E-state index is 14.5. The Kier molecular flexibility index (Phi) is 6.02. The standard InChI is InChI=1S/C17H24FN3O6S/c1-16(2,3)27-15(24)19-14-20-17(9-10-22,11-7-5-6-8-12(11)18)13(23)28(25,26)21(14)4/h5-8,13,22-23H,9-10H2,1-4H3,(H,19,20,24). The molecule has 156 valence electrons. The van der Waals surface area contributed by atoms with Crippen LogP contribution in [0.15, 0.2) is 29.3 Å². The topological polar surface area (TPSA) is 129 Å². The molecule has 1 heterocycles. The van der Waals surface area contributed by atoms with Crippen molar-refractivity contribution in [3.05, 3.63) is 35.6 Å². The van der Waals surface area contributed by atoms with E-state index >= 15 is 0 Å². The number of rotatable bonds is 3. The fourth-order valence-corrected chi connectivity index (χ4v) is 4.24. The number of carbonyl (C=O) groups is 1. The molecule has 0 aliphatic carbocycles. The number of aliphatic imine (C=N–C) groups is 1. The molecule has 3 N–H and O–H groups in total. The second-order valence-corrected chi connectivity index (χ2v) is 9.33. The molecule has 11 heteroatoms. The van der Waals surface area contributed by atoms with Gasteiger partial charge in [-0.25, -0.2) is 26.9 Å². The highest BCUT2D eigenvalue weighted by atomic mass is 32.2. The van der Waals surface area contributed by atoms with Gasteiger partial charge in [0.1, 0.15) is 17.0 Å². The van der Waals surface area contributed by atoms with Gasteiger partial charge in [0.15, 0.2) is 0 Å². The predicted molar refractivity (Wildman–Crippen MR) is 99.3 cm³/mol. The normalized spacial score (nSPS) is 24.5. The Labute approximate surface area is 162 Å². The van der Waals surface area contributed by atoms with Gasteiger partial charge in [0.25, 0.3) is 10.0 Å². The summed E-state index contributed by atoms with van der Waals surface area (Å²) in [6.07, 6.45) is -1.38. The molecule has 0 aromatic heterocycles. The maximum absolute atomic E-state index is 14.5. The first-order valence-electron chi connectivity index (χ1n) is 8.47. The zero-order chi connectivity index (χ0) is 21.3. The van der Waals surface area contributed by atoms with Gasteiger partial charge in [-0.3, -0.25) is 5.32 Å². The Morgan fingerprint density at radius 1 is 1.39 bits per heavy atom. The summed E-state index contributed by atoms with van der Waals surface area (Å²) in [7, 11) is -3.38. The quantitative estimate of drug-likeness (QED) is 0.670. The fraction of sp³-hybridized carbons (Fsp3) is 0.529. The van der Waals surface area contributed by atoms with E-state index in [0.29, 0.717) is 4.31 Å². The monoisotopic (exact) mass is 417 g/mol. The molecular formula is C17H24FN3O6S. The summed E-state index contributed by atoms with van der Waals surface area (Å²) >= 11 is 0. The Hall–Kier alpha value is -2.24. The van der Waals surface area contributed by atoms with Gasteiger partial charge in [-0.2, -0.15) is 0 Å². The van der Waals surface area contributed by atoms with Crippen LogP contribution in [-0.4, -0.2) is 59.7 Å². The van der Waals surface area contributed by atoms with Gasteiger partial charge in [0, 0.05) is 25.6 Å². The molecule has 28 heavy (non-hydrogen) atoms. The molecule has 1 amide bonds. The van der Waals surface area contributed by atoms with Crippen molar-refractivity contribution in [1.29, 1.82) is 0 Å². The fourth-order valence-electron chi connectivity index (χ4n) is 2.82. The third-order valence-corrected chi connectivity index (χ3v) is 6.01. The summed E-state index contributed by atoms with van der Waals surface area (Å²) in [6, 6.07) is 5.20. The maximum Gasteiger partial charge on any atom is 0.414 e. The average molecular weight is 417 g/mol. The summed E-state index contributed by atoms with van der Waals surface area (Å²) in [5.74, 6) is -1.27. The van der Waals surface area contributed by atoms with E-state index in [4.69, 9.17) is 4.74 Å². The molecule has 0 saturated heterocycles. The highest BCUT2D eigenvalue weighted by Gasteiger charge is 2.54. The van der Waals surface area contributed by atoms with Gasteiger partial charge in [-0.1, -0.05) is 18.2 Å². The van der Waals surface area contributed by atoms with Crippen molar-refractivity contribution in [2.24, 2.45) is 4.99 Å². The van der Waals surface area contributed by atoms with Crippen LogP contribution < -0.4 is 5.32 Å². The number of sulfonamides is 1. The number of ether oxygens (including phenoxy) is 1. The predicted octanol–water partition coefficient (Wildman–Crippen LogP) is 0.878. The molecule has 0 radical (unpaired) electrons. The lowest BCUT2D eigenvalue weighted by Crippen LogP contribution is -2.59. The van der Waals surface area contributed by atoms with Crippen LogP contribution in [0, 0.1) is 5.82 Å². The molecule has 1 aliphatic heterocycles. The molecule has 1 aliphatic rings. The third kappa shape index (κ3) is 4.10. The number of hydrogen-bond donors (Lipinski definition) is 3. The van der Waals surface area contributed by atoms with Gasteiger partial charge in [0.05, 0.1) is 0 Å². The van der Waals surface area contributed by atoms with Gasteiger partial charge >= 0.3 is 6.09 Å². The molecule has 1 aromatic rings. The van der Waals surface area contributed by atoms with E-state index in [1.165, 1.54) is 18.2 Å². The van der Waals surface area contributed by atoms with Crippen molar-refractivity contribution < 1.29 is 32.6 Å². The first-order valence-corrected chi connectivity index (χ1v) is 9.97. The van der Waals surface area contributed by atoms with Crippen LogP contribution in [0.4, 0.5) is 9.18 Å². The number of alkyl carbamates (subject to hydrolysis) is 1. The van der Waals surface area contributed by atoms with Crippen LogP contribution in [-0.2, 0) is 20.3 Å². The summed E-state index contributed by atoms with van der Waals surface area (Å²) in [5, 5.41) is 22.3. The molecule has 2 unspecified atom stereocenters. The first-order chi connectivity index (χ1) is 12.8. The lowest BCUT2D eigenvalue weighted by atomic mass is 9.87. The Balaban J connectivity index is 2.64. The molecule has 0 saturated carbocycles. The van der Waals surface area contributed by atoms with Crippen molar-refractivity contribution in [2.45, 2.75) is 43.8 Å². The van der Waals surface area contributed by atoms with E-state index in [1.807, 2.05) is 0 Å². The Morgan fingerprint density at radius 3 is 2.54 bits per heavy atom. The first kappa shape index (κ1) is 22.1. The van der Waals surface area contributed by atoms with Crippen LogP contribution in [0.3, 0.4) is 0 Å². The van der Waals surface area contributed by atoms with E-state index in [0.717, 1.165) is 13.1 Å². The molecule has 0 spiro atoms. The number of hydrogen-bond acceptors (Lipinski definition) is 7. The van der Waals surface area contributed by atoms with Gasteiger partial charge in [0.2, 0.25) is 11.4 Å². The smallest absolute Gasteiger partial charge is 0.414 e. The number of carbonyl (C=O) groups excluding carboxylic acids is 1. The van der Waals surface area contributed by atoms with E-state index in [1.54, 1.807) is 20.8 Å². The van der Waals surface area contributed by atoms with E-state index < -0.39 is 57.5 Å². The minimum Gasteiger partial charge on any atom is -0.444 e. The number of nitrogens with one attached hydrogen (secondary N) is 1. The summed E-state index contributed by atoms with van der Waals surface area (Å²) in [5.41, 5.74) is -5.32. The van der Waals surface area contributed by atoms with E-state index in [-0.39, 0.29) is 5.56 Å². The van der Waals surface area contributed by atoms with Crippen molar-refractivity contribution in [3.8, 4) is 0 Å². The molecule has 9 nitrogen and oxygen atoms in total. The van der Waals surface area contributed by atoms with Crippen molar-refractivity contribution >= 4 is 22.1 Å². The SMILES string of the molecule is CN1C(NC(=O)OC(C)(C)C)=NC(CCO)(c2ccccc2F)C(O)S1(=O)=O. The molecule has 2 atom stereocenters. The molecule has 0 fully saturated rings. The van der Waals surface area contributed by atoms with Crippen molar-refractivity contribution in [2.75, 3.05) is 13.7 Å². The lowest BCUT2D eigenvalue weighted by molar-refractivity contribution is 0.0555. The van der Waals surface area contributed by atoms with Crippen LogP contribution >= 0.6 is 0 Å². The number of benzene rings is 1. The molecular weight excluding hydrogens is 393 g/mol. The summed E-state index contributed by atoms with van der Waals surface area (Å²) in [4.78, 5) is 16.3. The summed E-state index contributed by atoms with van der Waals surface area (Å²) < 4.78 is 45.7. The molecule has 1 aromatic carbocycles. The number of aliphatic hydroxyl groups excluding tert-OH is 2. The third-order valence-electron chi connectivity index (χ3n) is 4.12. The molecule has 0 bridgehead atoms. The second kappa shape index (κ2) is 7.64. The van der Waals surface area contributed by atoms with Crippen molar-refractivity contribution in [3.63, 3.8) is 0 Å². The Morgan fingerprint density at radius 2 is 2.00 bits per heavy atom. The largest absolute Gasteiger partial charge is 0.444 e. The van der Waals surface area contributed by atoms with Gasteiger partial charge in [-0.05, 0) is 26.8 Å². The summed E-state index contributed by atoms with van der Waals surface area (Å²) in [6.45, 7) is 4.27. The van der Waals surface area contributed by atoms with Gasteiger partial charge < -0.3 is 14.9 Å². The zero-order valence-electron chi connectivity index (χ0n) is 16.0. The number of nitrogens with zero attached hydrogens (tertiary/aromatic N) is 2. The minimum absolute atomic E-state index is 0.225. The molecule has 2 rings (SSSR count). The average Bonchev–Trinajstić information content (AvgIpc) is 2.57. The highest BCUT2D eigenvalue weighted by Crippen LogP contribution is 2.40. The van der Waals surface area contributed by atoms with Crippen LogP contribution in [0.25, 0.3) is 0 Å². The number of aliphatic hydroxyl groups is 2. The van der Waals surface area contributed by atoms with E-state index in [2.05, 4.69) is 10.3 Å². The van der Waals surface area contributed by atoms with Crippen LogP contribution in [0.1, 0.15) is 32.8 Å². The van der Waals surface area contributed by atoms with Crippen molar-refractivity contribution in [1.82, 2.24) is 9.62 Å². The van der Waals surface area contributed by atoms with Crippen LogP contribution in [0.2, 0.25) is 0 Å². The number of halogens is 1. The van der Waals surface area contributed by atoms with E-state index in [9.17, 15) is 27.8 Å².